The fourth-order valence-corrected chi connectivity index (χ4v) is 7.63. The molecule has 0 fully saturated rings. The highest BCUT2D eigenvalue weighted by molar-refractivity contribution is 7.22. The van der Waals surface area contributed by atoms with E-state index in [-0.39, 0.29) is 0 Å². The van der Waals surface area contributed by atoms with E-state index >= 15 is 0 Å². The molecule has 0 amide bonds. The normalized spacial score (nSPS) is 11.9. The second kappa shape index (κ2) is 8.72. The third kappa shape index (κ3) is 3.45. The largest absolute Gasteiger partial charge is 0.236 e. The fraction of sp³-hybridized carbons (Fsp3) is 0. The molecule has 0 bridgehead atoms. The molecule has 9 aromatic rings. The highest BCUT2D eigenvalue weighted by Crippen LogP contribution is 2.42. The molecule has 190 valence electrons. The van der Waals surface area contributed by atoms with Gasteiger partial charge in [-0.05, 0) is 77.8 Å². The predicted molar refractivity (Wildman–Crippen MR) is 178 cm³/mol. The second-order valence-corrected chi connectivity index (χ2v) is 11.7. The number of benzene rings is 8. The molecule has 0 radical (unpaired) electrons. The molecule has 0 aliphatic heterocycles. The summed E-state index contributed by atoms with van der Waals surface area (Å²) in [5.41, 5.74) is 4.73. The standard InChI is InChI=1S/C39H23NS/c1-2-9-27(10-3-1)39-40-36-21-19-26-16-14-25-15-17-28(22-34(25)37(26)38(36)41-39)33-23-35-29-11-5-4-8-24(29)18-20-32(35)30-12-6-7-13-31(30)33/h1-23H. The molecule has 1 aromatic heterocycles. The van der Waals surface area contributed by atoms with E-state index in [1.165, 1.54) is 69.7 Å². The molecule has 0 N–H and O–H groups in total. The van der Waals surface area contributed by atoms with Gasteiger partial charge in [0.25, 0.3) is 0 Å². The summed E-state index contributed by atoms with van der Waals surface area (Å²) < 4.78 is 1.25. The van der Waals surface area contributed by atoms with Crippen LogP contribution in [0, 0.1) is 0 Å². The van der Waals surface area contributed by atoms with Crippen LogP contribution in [-0.2, 0) is 0 Å². The minimum atomic E-state index is 1.06. The summed E-state index contributed by atoms with van der Waals surface area (Å²) in [5.74, 6) is 0. The molecule has 0 atom stereocenters. The lowest BCUT2D eigenvalue weighted by atomic mass is 9.90. The maximum absolute atomic E-state index is 5.04. The van der Waals surface area contributed by atoms with Gasteiger partial charge >= 0.3 is 0 Å². The second-order valence-electron chi connectivity index (χ2n) is 10.7. The Morgan fingerprint density at radius 2 is 1.07 bits per heavy atom. The van der Waals surface area contributed by atoms with Crippen molar-refractivity contribution >= 4 is 75.4 Å². The maximum atomic E-state index is 5.04. The zero-order chi connectivity index (χ0) is 26.9. The number of rotatable bonds is 2. The molecule has 0 aliphatic carbocycles. The first-order chi connectivity index (χ1) is 20.3. The van der Waals surface area contributed by atoms with Crippen molar-refractivity contribution in [2.75, 3.05) is 0 Å². The molecule has 0 saturated carbocycles. The molecule has 1 nitrogen and oxygen atoms in total. The predicted octanol–water partition coefficient (Wildman–Crippen LogP) is 11.4. The number of fused-ring (bicyclic) bond motifs is 10. The van der Waals surface area contributed by atoms with E-state index in [1.54, 1.807) is 11.3 Å². The number of hydrogen-bond acceptors (Lipinski definition) is 2. The topological polar surface area (TPSA) is 12.9 Å². The van der Waals surface area contributed by atoms with Crippen molar-refractivity contribution in [2.45, 2.75) is 0 Å². The Morgan fingerprint density at radius 3 is 1.98 bits per heavy atom. The van der Waals surface area contributed by atoms with E-state index in [2.05, 4.69) is 140 Å². The molecule has 8 aromatic carbocycles. The van der Waals surface area contributed by atoms with Crippen molar-refractivity contribution in [1.29, 1.82) is 0 Å². The van der Waals surface area contributed by atoms with Gasteiger partial charge in [0.05, 0.1) is 10.2 Å². The molecule has 0 aliphatic rings. The number of hydrogen-bond donors (Lipinski definition) is 0. The summed E-state index contributed by atoms with van der Waals surface area (Å²) >= 11 is 1.79. The van der Waals surface area contributed by atoms with Gasteiger partial charge in [0.2, 0.25) is 0 Å². The van der Waals surface area contributed by atoms with Crippen LogP contribution in [0.5, 0.6) is 0 Å². The van der Waals surface area contributed by atoms with Crippen molar-refractivity contribution in [3.05, 3.63) is 140 Å². The van der Waals surface area contributed by atoms with Crippen LogP contribution in [0.1, 0.15) is 0 Å². The monoisotopic (exact) mass is 537 g/mol. The average Bonchev–Trinajstić information content (AvgIpc) is 3.49. The first-order valence-corrected chi connectivity index (χ1v) is 14.8. The van der Waals surface area contributed by atoms with E-state index < -0.39 is 0 Å². The summed E-state index contributed by atoms with van der Waals surface area (Å²) in [7, 11) is 0. The zero-order valence-corrected chi connectivity index (χ0v) is 23.0. The minimum absolute atomic E-state index is 1.06. The Kier molecular flexibility index (Phi) is 4.84. The lowest BCUT2D eigenvalue weighted by molar-refractivity contribution is 1.48. The lowest BCUT2D eigenvalue weighted by Gasteiger charge is -2.14. The maximum Gasteiger partial charge on any atom is 0.124 e. The molecule has 9 rings (SSSR count). The summed E-state index contributed by atoms with van der Waals surface area (Å²) in [6.07, 6.45) is 0. The quantitative estimate of drug-likeness (QED) is 0.200. The lowest BCUT2D eigenvalue weighted by Crippen LogP contribution is -1.87. The van der Waals surface area contributed by atoms with Gasteiger partial charge in [-0.2, -0.15) is 0 Å². The van der Waals surface area contributed by atoms with Gasteiger partial charge in [-0.25, -0.2) is 4.98 Å². The van der Waals surface area contributed by atoms with Gasteiger partial charge in [0.15, 0.2) is 0 Å². The Morgan fingerprint density at radius 1 is 0.415 bits per heavy atom. The highest BCUT2D eigenvalue weighted by atomic mass is 32.1. The summed E-state index contributed by atoms with van der Waals surface area (Å²) in [4.78, 5) is 5.04. The molecule has 41 heavy (non-hydrogen) atoms. The first kappa shape index (κ1) is 22.7. The van der Waals surface area contributed by atoms with E-state index in [9.17, 15) is 0 Å². The van der Waals surface area contributed by atoms with Gasteiger partial charge in [-0.15, -0.1) is 11.3 Å². The van der Waals surface area contributed by atoms with Crippen molar-refractivity contribution in [1.82, 2.24) is 4.98 Å². The molecular weight excluding hydrogens is 515 g/mol. The van der Waals surface area contributed by atoms with E-state index in [0.717, 1.165) is 16.1 Å². The van der Waals surface area contributed by atoms with Crippen LogP contribution < -0.4 is 0 Å². The van der Waals surface area contributed by atoms with Gasteiger partial charge in [0, 0.05) is 10.9 Å². The van der Waals surface area contributed by atoms with Crippen LogP contribution >= 0.6 is 11.3 Å². The number of aromatic nitrogens is 1. The van der Waals surface area contributed by atoms with E-state index in [4.69, 9.17) is 4.98 Å². The summed E-state index contributed by atoms with van der Waals surface area (Å²) in [6.45, 7) is 0. The molecular formula is C39H23NS. The van der Waals surface area contributed by atoms with Crippen LogP contribution in [-0.4, -0.2) is 4.98 Å². The van der Waals surface area contributed by atoms with Gasteiger partial charge in [-0.3, -0.25) is 0 Å². The summed E-state index contributed by atoms with van der Waals surface area (Å²) in [6, 6.07) is 50.8. The Hall–Kier alpha value is -5.05. The Balaban J connectivity index is 1.36. The van der Waals surface area contributed by atoms with E-state index in [1.807, 2.05) is 0 Å². The van der Waals surface area contributed by atoms with Crippen molar-refractivity contribution in [3.8, 4) is 21.7 Å². The zero-order valence-electron chi connectivity index (χ0n) is 22.1. The molecule has 1 heterocycles. The van der Waals surface area contributed by atoms with Crippen molar-refractivity contribution in [2.24, 2.45) is 0 Å². The average molecular weight is 538 g/mol. The molecule has 0 unspecified atom stereocenters. The van der Waals surface area contributed by atoms with Crippen LogP contribution in [0.4, 0.5) is 0 Å². The SMILES string of the molecule is c1ccc(-c2nc3ccc4ccc5ccc(-c6cc7c8ccccc8ccc7c7ccccc67)cc5c4c3s2)cc1. The van der Waals surface area contributed by atoms with Crippen LogP contribution in [0.3, 0.4) is 0 Å². The number of thiazole rings is 1. The van der Waals surface area contributed by atoms with Crippen LogP contribution in [0.15, 0.2) is 140 Å². The molecule has 2 heteroatoms. The van der Waals surface area contributed by atoms with E-state index in [0.29, 0.717) is 0 Å². The number of nitrogens with zero attached hydrogens (tertiary/aromatic N) is 1. The Bertz CT molecular complexity index is 2470. The van der Waals surface area contributed by atoms with Gasteiger partial charge < -0.3 is 0 Å². The molecule has 0 saturated heterocycles. The van der Waals surface area contributed by atoms with Crippen molar-refractivity contribution < 1.29 is 0 Å². The van der Waals surface area contributed by atoms with Gasteiger partial charge in [-0.1, -0.05) is 121 Å². The first-order valence-electron chi connectivity index (χ1n) is 14.0. The van der Waals surface area contributed by atoms with Gasteiger partial charge in [0.1, 0.15) is 5.01 Å². The fourth-order valence-electron chi connectivity index (χ4n) is 6.49. The third-order valence-electron chi connectivity index (χ3n) is 8.45. The van der Waals surface area contributed by atoms with Crippen LogP contribution in [0.25, 0.3) is 85.8 Å². The highest BCUT2D eigenvalue weighted by Gasteiger charge is 2.15. The smallest absolute Gasteiger partial charge is 0.124 e. The third-order valence-corrected chi connectivity index (χ3v) is 9.59. The molecule has 0 spiro atoms. The summed E-state index contributed by atoms with van der Waals surface area (Å²) in [5, 5.41) is 13.9. The Labute approximate surface area is 240 Å². The van der Waals surface area contributed by atoms with Crippen LogP contribution in [0.2, 0.25) is 0 Å². The van der Waals surface area contributed by atoms with Crippen molar-refractivity contribution in [3.63, 3.8) is 0 Å². The minimum Gasteiger partial charge on any atom is -0.236 e.